The van der Waals surface area contributed by atoms with Gasteiger partial charge in [-0.25, -0.2) is 4.98 Å². The van der Waals surface area contributed by atoms with Crippen molar-refractivity contribution in [3.05, 3.63) is 43.8 Å². The van der Waals surface area contributed by atoms with Gasteiger partial charge in [-0.3, -0.25) is 4.79 Å². The van der Waals surface area contributed by atoms with Crippen LogP contribution in [0.25, 0.3) is 0 Å². The van der Waals surface area contributed by atoms with E-state index in [1.165, 1.54) is 11.3 Å². The van der Waals surface area contributed by atoms with Gasteiger partial charge in [-0.05, 0) is 42.5 Å². The van der Waals surface area contributed by atoms with E-state index in [0.717, 1.165) is 11.1 Å². The van der Waals surface area contributed by atoms with Crippen LogP contribution >= 0.6 is 34.5 Å². The lowest BCUT2D eigenvalue weighted by atomic mass is 10.2. The highest BCUT2D eigenvalue weighted by molar-refractivity contribution is 7.12. The van der Waals surface area contributed by atoms with Gasteiger partial charge in [-0.15, -0.1) is 11.3 Å². The number of hydrogen-bond donors (Lipinski definition) is 1. The van der Waals surface area contributed by atoms with Gasteiger partial charge in [0.2, 0.25) is 0 Å². The second-order valence-electron chi connectivity index (χ2n) is 3.81. The minimum Gasteiger partial charge on any atom is -0.318 e. The van der Waals surface area contributed by atoms with Crippen molar-refractivity contribution in [3.63, 3.8) is 0 Å². The fraction of sp³-hybridized carbons (Fsp3) is 0.167. The molecule has 2 rings (SSSR count). The first-order chi connectivity index (χ1) is 8.49. The smallest absolute Gasteiger partial charge is 0.266 e. The van der Waals surface area contributed by atoms with Crippen molar-refractivity contribution in [2.24, 2.45) is 0 Å². The summed E-state index contributed by atoms with van der Waals surface area (Å²) in [5.74, 6) is -0.184. The Bertz CT molecular complexity index is 587. The number of amides is 1. The van der Waals surface area contributed by atoms with E-state index in [2.05, 4.69) is 10.3 Å². The monoisotopic (exact) mass is 300 g/mol. The van der Waals surface area contributed by atoms with Crippen LogP contribution < -0.4 is 5.32 Å². The first-order valence-electron chi connectivity index (χ1n) is 5.17. The number of rotatable bonds is 2. The average Bonchev–Trinajstić information content (AvgIpc) is 2.69. The molecule has 1 N–H and O–H groups in total. The van der Waals surface area contributed by atoms with Gasteiger partial charge in [0.15, 0.2) is 5.15 Å². The predicted molar refractivity (Wildman–Crippen MR) is 76.0 cm³/mol. The maximum absolute atomic E-state index is 12.1. The molecule has 94 valence electrons. The van der Waals surface area contributed by atoms with Crippen molar-refractivity contribution in [3.8, 4) is 0 Å². The van der Waals surface area contributed by atoms with E-state index in [4.69, 9.17) is 23.2 Å². The highest BCUT2D eigenvalue weighted by Crippen LogP contribution is 2.27. The molecule has 2 aromatic rings. The molecule has 0 unspecified atom stereocenters. The third-order valence-corrected chi connectivity index (χ3v) is 3.93. The van der Waals surface area contributed by atoms with Crippen LogP contribution in [0, 0.1) is 13.8 Å². The lowest BCUT2D eigenvalue weighted by Gasteiger charge is -2.09. The lowest BCUT2D eigenvalue weighted by molar-refractivity contribution is 0.103. The molecule has 0 aromatic carbocycles. The van der Waals surface area contributed by atoms with Crippen molar-refractivity contribution in [2.75, 3.05) is 5.32 Å². The summed E-state index contributed by atoms with van der Waals surface area (Å²) in [7, 11) is 0. The van der Waals surface area contributed by atoms with E-state index in [1.807, 2.05) is 25.3 Å². The van der Waals surface area contributed by atoms with Gasteiger partial charge in [0.1, 0.15) is 5.15 Å². The van der Waals surface area contributed by atoms with Crippen LogP contribution in [0.4, 0.5) is 5.69 Å². The van der Waals surface area contributed by atoms with Gasteiger partial charge in [0.05, 0.1) is 10.6 Å². The zero-order chi connectivity index (χ0) is 13.3. The molecule has 0 bridgehead atoms. The number of anilines is 1. The molecule has 2 aromatic heterocycles. The van der Waals surface area contributed by atoms with Crippen LogP contribution in [-0.2, 0) is 0 Å². The molecule has 0 fully saturated rings. The molecule has 3 nitrogen and oxygen atoms in total. The fourth-order valence-electron chi connectivity index (χ4n) is 1.52. The van der Waals surface area contributed by atoms with Crippen LogP contribution in [-0.4, -0.2) is 10.9 Å². The summed E-state index contributed by atoms with van der Waals surface area (Å²) in [4.78, 5) is 16.6. The quantitative estimate of drug-likeness (QED) is 0.839. The molecule has 1 amide bonds. The second-order valence-corrected chi connectivity index (χ2v) is 5.48. The lowest BCUT2D eigenvalue weighted by Crippen LogP contribution is -2.13. The summed E-state index contributed by atoms with van der Waals surface area (Å²) in [6.07, 6.45) is 0. The number of aryl methyl sites for hydroxylation is 2. The van der Waals surface area contributed by atoms with Gasteiger partial charge < -0.3 is 5.32 Å². The highest BCUT2D eigenvalue weighted by atomic mass is 35.5. The summed E-state index contributed by atoms with van der Waals surface area (Å²) in [5, 5.41) is 5.15. The van der Waals surface area contributed by atoms with E-state index >= 15 is 0 Å². The first kappa shape index (κ1) is 13.3. The summed E-state index contributed by atoms with van der Waals surface area (Å²) < 4.78 is 0. The van der Waals surface area contributed by atoms with E-state index in [1.54, 1.807) is 6.07 Å². The van der Waals surface area contributed by atoms with Crippen molar-refractivity contribution in [1.29, 1.82) is 0 Å². The Morgan fingerprint density at radius 3 is 2.61 bits per heavy atom. The van der Waals surface area contributed by atoms with Gasteiger partial charge in [-0.1, -0.05) is 23.2 Å². The number of nitrogens with one attached hydrogen (secondary N) is 1. The molecule has 0 spiro atoms. The number of carbonyl (C=O) groups is 1. The maximum Gasteiger partial charge on any atom is 0.266 e. The van der Waals surface area contributed by atoms with E-state index in [-0.39, 0.29) is 11.1 Å². The number of nitrogens with zero attached hydrogens (tertiary/aromatic N) is 1. The molecule has 0 saturated heterocycles. The zero-order valence-electron chi connectivity index (χ0n) is 9.75. The molecule has 0 aliphatic carbocycles. The van der Waals surface area contributed by atoms with Crippen molar-refractivity contribution in [1.82, 2.24) is 4.98 Å². The Hall–Kier alpha value is -1.10. The van der Waals surface area contributed by atoms with Gasteiger partial charge in [0, 0.05) is 0 Å². The number of carbonyl (C=O) groups excluding carboxylic acids is 1. The molecule has 2 heterocycles. The summed E-state index contributed by atoms with van der Waals surface area (Å²) in [6.45, 7) is 3.70. The Kier molecular flexibility index (Phi) is 3.90. The molecule has 6 heteroatoms. The molecule has 0 saturated carbocycles. The molecule has 18 heavy (non-hydrogen) atoms. The topological polar surface area (TPSA) is 42.0 Å². The van der Waals surface area contributed by atoms with Crippen molar-refractivity contribution < 1.29 is 4.79 Å². The SMILES string of the molecule is Cc1ccsc1C(=O)Nc1c(C)cc(Cl)nc1Cl. The Morgan fingerprint density at radius 2 is 2.06 bits per heavy atom. The second kappa shape index (κ2) is 5.26. The fourth-order valence-corrected chi connectivity index (χ4v) is 2.92. The molecular weight excluding hydrogens is 291 g/mol. The Labute approximate surface area is 119 Å². The third kappa shape index (κ3) is 2.66. The molecule has 0 aliphatic rings. The van der Waals surface area contributed by atoms with E-state index < -0.39 is 0 Å². The van der Waals surface area contributed by atoms with Gasteiger partial charge >= 0.3 is 0 Å². The normalized spacial score (nSPS) is 10.4. The van der Waals surface area contributed by atoms with Crippen LogP contribution in [0.5, 0.6) is 0 Å². The highest BCUT2D eigenvalue weighted by Gasteiger charge is 2.15. The number of pyridine rings is 1. The minimum absolute atomic E-state index is 0.184. The average molecular weight is 301 g/mol. The molecule has 0 radical (unpaired) electrons. The summed E-state index contributed by atoms with van der Waals surface area (Å²) in [5.41, 5.74) is 2.22. The predicted octanol–water partition coefficient (Wildman–Crippen LogP) is 4.32. The number of aromatic nitrogens is 1. The van der Waals surface area contributed by atoms with Crippen LogP contribution in [0.1, 0.15) is 20.8 Å². The largest absolute Gasteiger partial charge is 0.318 e. The van der Waals surface area contributed by atoms with Gasteiger partial charge in [-0.2, -0.15) is 0 Å². The van der Waals surface area contributed by atoms with Gasteiger partial charge in [0.25, 0.3) is 5.91 Å². The van der Waals surface area contributed by atoms with Crippen LogP contribution in [0.2, 0.25) is 10.3 Å². The Balaban J connectivity index is 2.31. The number of hydrogen-bond acceptors (Lipinski definition) is 3. The zero-order valence-corrected chi connectivity index (χ0v) is 12.1. The first-order valence-corrected chi connectivity index (χ1v) is 6.80. The number of halogens is 2. The van der Waals surface area contributed by atoms with Crippen LogP contribution in [0.15, 0.2) is 17.5 Å². The summed E-state index contributed by atoms with van der Waals surface area (Å²) >= 11 is 13.1. The molecular formula is C12H10Cl2N2OS. The molecule has 0 atom stereocenters. The maximum atomic E-state index is 12.1. The van der Waals surface area contributed by atoms with Crippen molar-refractivity contribution in [2.45, 2.75) is 13.8 Å². The number of thiophene rings is 1. The summed E-state index contributed by atoms with van der Waals surface area (Å²) in [6, 6.07) is 3.55. The van der Waals surface area contributed by atoms with E-state index in [0.29, 0.717) is 15.7 Å². The van der Waals surface area contributed by atoms with E-state index in [9.17, 15) is 4.79 Å². The molecule has 0 aliphatic heterocycles. The minimum atomic E-state index is -0.184. The Morgan fingerprint density at radius 1 is 1.33 bits per heavy atom. The standard InChI is InChI=1S/C12H10Cl2N2OS/c1-6-3-4-18-10(6)12(17)16-9-7(2)5-8(13)15-11(9)14/h3-5H,1-2H3,(H,16,17). The van der Waals surface area contributed by atoms with Crippen molar-refractivity contribution >= 4 is 46.1 Å². The third-order valence-electron chi connectivity index (χ3n) is 2.45. The van der Waals surface area contributed by atoms with Crippen LogP contribution in [0.3, 0.4) is 0 Å².